The zero-order valence-electron chi connectivity index (χ0n) is 8.92. The molecule has 86 valence electrons. The second-order valence-electron chi connectivity index (χ2n) is 3.46. The predicted molar refractivity (Wildman–Crippen MR) is 61.7 cm³/mol. The van der Waals surface area contributed by atoms with Gasteiger partial charge in [0.2, 0.25) is 0 Å². The van der Waals surface area contributed by atoms with E-state index in [2.05, 4.69) is 0 Å². The molecule has 0 radical (unpaired) electrons. The number of nitrogen functional groups attached to an aromatic ring is 1. The maximum absolute atomic E-state index is 10.9. The van der Waals surface area contributed by atoms with Crippen LogP contribution in [0, 0.1) is 0 Å². The van der Waals surface area contributed by atoms with Crippen LogP contribution in [-0.2, 0) is 0 Å². The Morgan fingerprint density at radius 2 is 1.82 bits per heavy atom. The first-order chi connectivity index (χ1) is 8.16. The Kier molecular flexibility index (Phi) is 2.96. The van der Waals surface area contributed by atoms with E-state index in [1.165, 1.54) is 18.2 Å². The van der Waals surface area contributed by atoms with Gasteiger partial charge in [-0.25, -0.2) is 0 Å². The van der Waals surface area contributed by atoms with E-state index < -0.39 is 5.97 Å². The van der Waals surface area contributed by atoms with Crippen molar-refractivity contribution >= 4 is 11.7 Å². The summed E-state index contributed by atoms with van der Waals surface area (Å²) in [5, 5.41) is 10.9. The summed E-state index contributed by atoms with van der Waals surface area (Å²) in [7, 11) is 0. The lowest BCUT2D eigenvalue weighted by molar-refractivity contribution is -0.255. The second-order valence-corrected chi connectivity index (χ2v) is 3.46. The van der Waals surface area contributed by atoms with Crippen molar-refractivity contribution in [2.24, 2.45) is 0 Å². The third kappa shape index (κ3) is 2.55. The molecular formula is C13H10NO3-. The zero-order valence-corrected chi connectivity index (χ0v) is 8.92. The van der Waals surface area contributed by atoms with Crippen LogP contribution in [-0.4, -0.2) is 5.97 Å². The lowest BCUT2D eigenvalue weighted by atomic mass is 10.2. The van der Waals surface area contributed by atoms with Crippen molar-refractivity contribution in [3.05, 3.63) is 54.1 Å². The summed E-state index contributed by atoms with van der Waals surface area (Å²) in [5.41, 5.74) is 5.99. The van der Waals surface area contributed by atoms with Gasteiger partial charge in [0.25, 0.3) is 0 Å². The van der Waals surface area contributed by atoms with Crippen molar-refractivity contribution in [3.8, 4) is 11.5 Å². The summed E-state index contributed by atoms with van der Waals surface area (Å²) in [6.07, 6.45) is 0. The summed E-state index contributed by atoms with van der Waals surface area (Å²) >= 11 is 0. The molecule has 0 bridgehead atoms. The van der Waals surface area contributed by atoms with Crippen LogP contribution in [0.3, 0.4) is 0 Å². The smallest absolute Gasteiger partial charge is 0.138 e. The number of carboxylic acids is 1. The molecule has 0 unspecified atom stereocenters. The SMILES string of the molecule is Nc1ccc(C(=O)[O-])c(Oc2ccccc2)c1. The maximum atomic E-state index is 10.9. The second kappa shape index (κ2) is 4.57. The summed E-state index contributed by atoms with van der Waals surface area (Å²) < 4.78 is 5.45. The van der Waals surface area contributed by atoms with E-state index in [0.717, 1.165) is 0 Å². The Morgan fingerprint density at radius 1 is 1.12 bits per heavy atom. The van der Waals surface area contributed by atoms with Gasteiger partial charge in [-0.15, -0.1) is 0 Å². The molecule has 0 aliphatic rings. The molecule has 0 atom stereocenters. The van der Waals surface area contributed by atoms with E-state index in [0.29, 0.717) is 11.4 Å². The Bertz CT molecular complexity index is 538. The third-order valence-electron chi connectivity index (χ3n) is 2.20. The van der Waals surface area contributed by atoms with Crippen molar-refractivity contribution in [3.63, 3.8) is 0 Å². The predicted octanol–water partition coefficient (Wildman–Crippen LogP) is 1.42. The number of carbonyl (C=O) groups is 1. The van der Waals surface area contributed by atoms with Gasteiger partial charge in [-0.2, -0.15) is 0 Å². The fourth-order valence-corrected chi connectivity index (χ4v) is 1.41. The number of rotatable bonds is 3. The van der Waals surface area contributed by atoms with Crippen LogP contribution in [0.5, 0.6) is 11.5 Å². The Morgan fingerprint density at radius 3 is 2.47 bits per heavy atom. The van der Waals surface area contributed by atoms with E-state index in [1.54, 1.807) is 24.3 Å². The summed E-state index contributed by atoms with van der Waals surface area (Å²) in [4.78, 5) is 10.9. The molecule has 17 heavy (non-hydrogen) atoms. The van der Waals surface area contributed by atoms with Crippen LogP contribution < -0.4 is 15.6 Å². The van der Waals surface area contributed by atoms with Gasteiger partial charge in [-0.3, -0.25) is 0 Å². The molecule has 4 nitrogen and oxygen atoms in total. The van der Waals surface area contributed by atoms with Crippen molar-refractivity contribution in [2.75, 3.05) is 5.73 Å². The van der Waals surface area contributed by atoms with E-state index in [4.69, 9.17) is 10.5 Å². The van der Waals surface area contributed by atoms with Gasteiger partial charge in [0.15, 0.2) is 0 Å². The van der Waals surface area contributed by atoms with Crippen molar-refractivity contribution in [1.82, 2.24) is 0 Å². The van der Waals surface area contributed by atoms with Crippen molar-refractivity contribution in [2.45, 2.75) is 0 Å². The van der Waals surface area contributed by atoms with Crippen LogP contribution in [0.25, 0.3) is 0 Å². The number of aromatic carboxylic acids is 1. The van der Waals surface area contributed by atoms with Gasteiger partial charge in [-0.05, 0) is 24.3 Å². The minimum Gasteiger partial charge on any atom is -0.545 e. The molecule has 0 aliphatic carbocycles. The van der Waals surface area contributed by atoms with Gasteiger partial charge in [0.1, 0.15) is 11.5 Å². The fraction of sp³-hybridized carbons (Fsp3) is 0. The highest BCUT2D eigenvalue weighted by Gasteiger charge is 2.06. The largest absolute Gasteiger partial charge is 0.545 e. The van der Waals surface area contributed by atoms with Crippen LogP contribution in [0.15, 0.2) is 48.5 Å². The minimum atomic E-state index is -1.30. The molecule has 0 saturated carbocycles. The number of carbonyl (C=O) groups excluding carboxylic acids is 1. The van der Waals surface area contributed by atoms with Gasteiger partial charge < -0.3 is 20.4 Å². The van der Waals surface area contributed by atoms with Crippen molar-refractivity contribution < 1.29 is 14.6 Å². The Hall–Kier alpha value is -2.49. The van der Waals surface area contributed by atoms with Crippen molar-refractivity contribution in [1.29, 1.82) is 0 Å². The van der Waals surface area contributed by atoms with Gasteiger partial charge in [0.05, 0.1) is 5.97 Å². The fourth-order valence-electron chi connectivity index (χ4n) is 1.41. The first-order valence-corrected chi connectivity index (χ1v) is 5.00. The highest BCUT2D eigenvalue weighted by Crippen LogP contribution is 2.26. The van der Waals surface area contributed by atoms with Gasteiger partial charge >= 0.3 is 0 Å². The molecule has 0 aromatic heterocycles. The summed E-state index contributed by atoms with van der Waals surface area (Å²) in [5.74, 6) is -0.576. The first-order valence-electron chi connectivity index (χ1n) is 5.00. The molecule has 0 aliphatic heterocycles. The number of carboxylic acid groups (broad SMARTS) is 1. The average molecular weight is 228 g/mol. The van der Waals surface area contributed by atoms with Crippen LogP contribution in [0.1, 0.15) is 10.4 Å². The molecule has 0 amide bonds. The molecular weight excluding hydrogens is 218 g/mol. The quantitative estimate of drug-likeness (QED) is 0.806. The molecule has 2 aromatic carbocycles. The van der Waals surface area contributed by atoms with E-state index >= 15 is 0 Å². The number of para-hydroxylation sites is 1. The standard InChI is InChI=1S/C13H11NO3/c14-9-6-7-11(13(15)16)12(8-9)17-10-4-2-1-3-5-10/h1-8H,14H2,(H,15,16)/p-1. The highest BCUT2D eigenvalue weighted by atomic mass is 16.5. The zero-order chi connectivity index (χ0) is 12.3. The summed E-state index contributed by atoms with van der Waals surface area (Å²) in [6, 6.07) is 13.2. The molecule has 0 saturated heterocycles. The number of hydrogen-bond acceptors (Lipinski definition) is 4. The lowest BCUT2D eigenvalue weighted by Crippen LogP contribution is -2.22. The normalized spacial score (nSPS) is 9.88. The Balaban J connectivity index is 2.37. The maximum Gasteiger partial charge on any atom is 0.138 e. The molecule has 4 heteroatoms. The molecule has 0 heterocycles. The molecule has 0 fully saturated rings. The van der Waals surface area contributed by atoms with E-state index in [9.17, 15) is 9.90 Å². The summed E-state index contributed by atoms with van der Waals surface area (Å²) in [6.45, 7) is 0. The van der Waals surface area contributed by atoms with E-state index in [-0.39, 0.29) is 11.3 Å². The first kappa shape index (κ1) is 11.0. The van der Waals surface area contributed by atoms with E-state index in [1.807, 2.05) is 6.07 Å². The average Bonchev–Trinajstić information content (AvgIpc) is 2.30. The minimum absolute atomic E-state index is 0.0250. The lowest BCUT2D eigenvalue weighted by Gasteiger charge is -2.12. The number of hydrogen-bond donors (Lipinski definition) is 1. The Labute approximate surface area is 98.3 Å². The molecule has 2 aromatic rings. The number of ether oxygens (including phenoxy) is 1. The number of nitrogens with two attached hydrogens (primary N) is 1. The van der Waals surface area contributed by atoms with Crippen LogP contribution >= 0.6 is 0 Å². The van der Waals surface area contributed by atoms with Crippen LogP contribution in [0.2, 0.25) is 0 Å². The van der Waals surface area contributed by atoms with Gasteiger partial charge in [-0.1, -0.05) is 18.2 Å². The molecule has 0 spiro atoms. The number of benzene rings is 2. The van der Waals surface area contributed by atoms with Gasteiger partial charge in [0, 0.05) is 17.3 Å². The third-order valence-corrected chi connectivity index (χ3v) is 2.20. The number of anilines is 1. The highest BCUT2D eigenvalue weighted by molar-refractivity contribution is 5.90. The topological polar surface area (TPSA) is 75.4 Å². The monoisotopic (exact) mass is 228 g/mol. The molecule has 2 rings (SSSR count). The van der Waals surface area contributed by atoms with Crippen LogP contribution in [0.4, 0.5) is 5.69 Å². The molecule has 2 N–H and O–H groups in total.